The summed E-state index contributed by atoms with van der Waals surface area (Å²) in [6.07, 6.45) is -0.325. The van der Waals surface area contributed by atoms with Gasteiger partial charge in [0.15, 0.2) is 0 Å². The van der Waals surface area contributed by atoms with Crippen LogP contribution >= 0.6 is 0 Å². The molecule has 1 aliphatic rings. The highest BCUT2D eigenvalue weighted by molar-refractivity contribution is 5.94. The van der Waals surface area contributed by atoms with Crippen LogP contribution in [0.3, 0.4) is 0 Å². The molecule has 0 fully saturated rings. The van der Waals surface area contributed by atoms with Crippen molar-refractivity contribution in [2.75, 3.05) is 19.8 Å². The van der Waals surface area contributed by atoms with Gasteiger partial charge in [0, 0.05) is 5.56 Å². The molecule has 0 saturated carbocycles. The van der Waals surface area contributed by atoms with E-state index in [1.54, 1.807) is 38.1 Å². The normalized spacial score (nSPS) is 16.0. The van der Waals surface area contributed by atoms with Crippen molar-refractivity contribution >= 4 is 11.9 Å². The van der Waals surface area contributed by atoms with Gasteiger partial charge in [0.05, 0.1) is 31.3 Å². The van der Waals surface area contributed by atoms with Gasteiger partial charge in [-0.1, -0.05) is 18.2 Å². The molecule has 0 unspecified atom stereocenters. The summed E-state index contributed by atoms with van der Waals surface area (Å²) >= 11 is 0. The molecule has 29 heavy (non-hydrogen) atoms. The fourth-order valence-corrected chi connectivity index (χ4v) is 3.04. The Kier molecular flexibility index (Phi) is 7.66. The predicted octanol–water partition coefficient (Wildman–Crippen LogP) is 2.66. The largest absolute Gasteiger partial charge is 0.494 e. The van der Waals surface area contributed by atoms with Gasteiger partial charge in [0.2, 0.25) is 5.88 Å². The molecule has 0 radical (unpaired) electrons. The third-order valence-corrected chi connectivity index (χ3v) is 4.13. The summed E-state index contributed by atoms with van der Waals surface area (Å²) in [5.41, 5.74) is 6.58. The lowest BCUT2D eigenvalue weighted by Crippen LogP contribution is -2.27. The fraction of sp³-hybridized carbons (Fsp3) is 0.381. The van der Waals surface area contributed by atoms with Gasteiger partial charge in [-0.25, -0.2) is 4.79 Å². The first-order chi connectivity index (χ1) is 14.0. The first-order valence-electron chi connectivity index (χ1n) is 9.33. The van der Waals surface area contributed by atoms with Crippen molar-refractivity contribution in [2.24, 2.45) is 5.73 Å². The number of hydrogen-bond donors (Lipinski definition) is 1. The van der Waals surface area contributed by atoms with Gasteiger partial charge in [-0.05, 0) is 26.8 Å². The summed E-state index contributed by atoms with van der Waals surface area (Å²) in [4.78, 5) is 24.9. The molecule has 8 heteroatoms. The number of allylic oxidation sites excluding steroid dienone is 1. The average Bonchev–Trinajstić information content (AvgIpc) is 2.68. The number of nitrogens with zero attached hydrogens (tertiary/aromatic N) is 1. The molecule has 1 heterocycles. The van der Waals surface area contributed by atoms with E-state index in [1.165, 1.54) is 0 Å². The van der Waals surface area contributed by atoms with E-state index >= 15 is 0 Å². The molecule has 2 rings (SSSR count). The molecule has 1 aromatic carbocycles. The Morgan fingerprint density at radius 3 is 2.45 bits per heavy atom. The van der Waals surface area contributed by atoms with Crippen molar-refractivity contribution in [1.82, 2.24) is 0 Å². The quantitative estimate of drug-likeness (QED) is 0.661. The van der Waals surface area contributed by atoms with Crippen molar-refractivity contribution in [3.05, 3.63) is 52.6 Å². The van der Waals surface area contributed by atoms with E-state index in [0.29, 0.717) is 17.9 Å². The lowest BCUT2D eigenvalue weighted by Gasteiger charge is -2.28. The van der Waals surface area contributed by atoms with Gasteiger partial charge in [-0.15, -0.1) is 0 Å². The Labute approximate surface area is 169 Å². The van der Waals surface area contributed by atoms with Crippen LogP contribution < -0.4 is 10.5 Å². The van der Waals surface area contributed by atoms with Crippen LogP contribution in [0, 0.1) is 11.3 Å². The lowest BCUT2D eigenvalue weighted by molar-refractivity contribution is -0.143. The standard InChI is InChI=1S/C21H24N2O6/c1-4-26-15-10-8-7-9-13(15)18-14(12-22)20(23)29-16(11-17(24)27-5-2)19(18)21(25)28-6-3/h7-10,18H,4-6,11,23H2,1-3H3/t18-/m1/s1. The van der Waals surface area contributed by atoms with Crippen molar-refractivity contribution in [3.63, 3.8) is 0 Å². The molecular weight excluding hydrogens is 376 g/mol. The van der Waals surface area contributed by atoms with Gasteiger partial charge in [0.1, 0.15) is 29.6 Å². The minimum absolute atomic E-state index is 0.00491. The van der Waals surface area contributed by atoms with E-state index in [0.717, 1.165) is 0 Å². The number of esters is 2. The second-order valence-electron chi connectivity index (χ2n) is 5.93. The number of nitriles is 1. The number of benzene rings is 1. The second kappa shape index (κ2) is 10.2. The highest BCUT2D eigenvalue weighted by Gasteiger charge is 2.39. The van der Waals surface area contributed by atoms with E-state index < -0.39 is 17.9 Å². The molecule has 0 aromatic heterocycles. The fourth-order valence-electron chi connectivity index (χ4n) is 3.04. The van der Waals surface area contributed by atoms with Crippen LogP contribution in [0.4, 0.5) is 0 Å². The van der Waals surface area contributed by atoms with E-state index in [2.05, 4.69) is 0 Å². The number of rotatable bonds is 8. The van der Waals surface area contributed by atoms with Crippen molar-refractivity contribution in [1.29, 1.82) is 5.26 Å². The van der Waals surface area contributed by atoms with Crippen molar-refractivity contribution in [2.45, 2.75) is 33.1 Å². The van der Waals surface area contributed by atoms with Crippen LogP contribution in [0.25, 0.3) is 0 Å². The van der Waals surface area contributed by atoms with Gasteiger partial charge in [-0.3, -0.25) is 4.79 Å². The molecule has 0 saturated heterocycles. The van der Waals surface area contributed by atoms with Crippen molar-refractivity contribution in [3.8, 4) is 11.8 Å². The second-order valence-corrected chi connectivity index (χ2v) is 5.93. The molecule has 0 bridgehead atoms. The number of carbonyl (C=O) groups excluding carboxylic acids is 2. The van der Waals surface area contributed by atoms with Crippen LogP contribution in [0.1, 0.15) is 38.7 Å². The zero-order valence-electron chi connectivity index (χ0n) is 16.7. The Balaban J connectivity index is 2.70. The summed E-state index contributed by atoms with van der Waals surface area (Å²) in [6, 6.07) is 9.01. The van der Waals surface area contributed by atoms with Gasteiger partial charge >= 0.3 is 11.9 Å². The predicted molar refractivity (Wildman–Crippen MR) is 103 cm³/mol. The van der Waals surface area contributed by atoms with Gasteiger partial charge in [0.25, 0.3) is 0 Å². The number of hydrogen-bond acceptors (Lipinski definition) is 8. The first kappa shape index (κ1) is 21.8. The van der Waals surface area contributed by atoms with E-state index in [9.17, 15) is 14.9 Å². The molecule has 2 N–H and O–H groups in total. The van der Waals surface area contributed by atoms with E-state index in [1.807, 2.05) is 13.0 Å². The number of nitrogens with two attached hydrogens (primary N) is 1. The summed E-state index contributed by atoms with van der Waals surface area (Å²) < 4.78 is 21.4. The number of para-hydroxylation sites is 1. The molecule has 0 aliphatic carbocycles. The zero-order valence-corrected chi connectivity index (χ0v) is 16.7. The maximum absolute atomic E-state index is 12.8. The molecule has 154 valence electrons. The number of carbonyl (C=O) groups is 2. The van der Waals surface area contributed by atoms with Crippen LogP contribution in [0.5, 0.6) is 5.75 Å². The zero-order chi connectivity index (χ0) is 21.4. The van der Waals surface area contributed by atoms with E-state index in [4.69, 9.17) is 24.7 Å². The average molecular weight is 400 g/mol. The molecule has 1 aliphatic heterocycles. The third-order valence-electron chi connectivity index (χ3n) is 4.13. The third kappa shape index (κ3) is 4.88. The van der Waals surface area contributed by atoms with Crippen LogP contribution in [0.15, 0.2) is 47.1 Å². The lowest BCUT2D eigenvalue weighted by atomic mass is 9.82. The summed E-state index contributed by atoms with van der Waals surface area (Å²) in [7, 11) is 0. The minimum atomic E-state index is -0.903. The van der Waals surface area contributed by atoms with Crippen LogP contribution in [-0.2, 0) is 23.8 Å². The molecule has 8 nitrogen and oxygen atoms in total. The smallest absolute Gasteiger partial charge is 0.338 e. The number of ether oxygens (including phenoxy) is 4. The van der Waals surface area contributed by atoms with Gasteiger partial charge < -0.3 is 24.7 Å². The van der Waals surface area contributed by atoms with E-state index in [-0.39, 0.29) is 42.4 Å². The maximum atomic E-state index is 12.8. The summed E-state index contributed by atoms with van der Waals surface area (Å²) in [5, 5.41) is 9.72. The van der Waals surface area contributed by atoms with Crippen molar-refractivity contribution < 1.29 is 28.5 Å². The Morgan fingerprint density at radius 1 is 1.14 bits per heavy atom. The molecular formula is C21H24N2O6. The van der Waals surface area contributed by atoms with Gasteiger partial charge in [-0.2, -0.15) is 5.26 Å². The summed E-state index contributed by atoms with van der Waals surface area (Å²) in [5.74, 6) is -1.90. The first-order valence-corrected chi connectivity index (χ1v) is 9.33. The van der Waals surface area contributed by atoms with Crippen LogP contribution in [0.2, 0.25) is 0 Å². The monoisotopic (exact) mass is 400 g/mol. The Bertz CT molecular complexity index is 881. The molecule has 0 amide bonds. The summed E-state index contributed by atoms with van der Waals surface area (Å²) in [6.45, 7) is 5.82. The SMILES string of the molecule is CCOC(=O)CC1=C(C(=O)OCC)[C@H](c2ccccc2OCC)C(C#N)=C(N)O1. The Morgan fingerprint density at radius 2 is 1.83 bits per heavy atom. The highest BCUT2D eigenvalue weighted by atomic mass is 16.5. The molecule has 1 aromatic rings. The topological polar surface area (TPSA) is 121 Å². The Hall–Kier alpha value is -3.47. The minimum Gasteiger partial charge on any atom is -0.494 e. The highest BCUT2D eigenvalue weighted by Crippen LogP contribution is 2.43. The maximum Gasteiger partial charge on any atom is 0.338 e. The molecule has 1 atom stereocenters. The van der Waals surface area contributed by atoms with Crippen LogP contribution in [-0.4, -0.2) is 31.8 Å². The molecule has 0 spiro atoms.